The van der Waals surface area contributed by atoms with E-state index in [9.17, 15) is 9.90 Å². The number of aldehydes is 1. The lowest BCUT2D eigenvalue weighted by atomic mass is 10.2. The van der Waals surface area contributed by atoms with Crippen molar-refractivity contribution in [1.29, 1.82) is 0 Å². The molecule has 0 fully saturated rings. The highest BCUT2D eigenvalue weighted by Gasteiger charge is 2.11. The maximum absolute atomic E-state index is 10.7. The molecule has 0 saturated heterocycles. The van der Waals surface area contributed by atoms with E-state index >= 15 is 0 Å². The number of hydrogen-bond donors (Lipinski definition) is 1. The fraction of sp³-hybridized carbons (Fsp3) is 0.364. The zero-order valence-electron chi connectivity index (χ0n) is 8.61. The lowest BCUT2D eigenvalue weighted by molar-refractivity contribution is 0.0604. The second-order valence-corrected chi connectivity index (χ2v) is 4.22. The van der Waals surface area contributed by atoms with E-state index in [0.717, 1.165) is 10.8 Å². The van der Waals surface area contributed by atoms with Crippen molar-refractivity contribution in [2.24, 2.45) is 0 Å². The van der Waals surface area contributed by atoms with Gasteiger partial charge in [0.2, 0.25) is 0 Å². The molecule has 4 heteroatoms. The lowest BCUT2D eigenvalue weighted by Crippen LogP contribution is -2.25. The predicted octanol–water partition coefficient (Wildman–Crippen LogP) is 2.41. The summed E-state index contributed by atoms with van der Waals surface area (Å²) in [5.74, 6) is 0.578. The van der Waals surface area contributed by atoms with Crippen LogP contribution in [0.15, 0.2) is 22.7 Å². The molecule has 0 aliphatic rings. The fourth-order valence-electron chi connectivity index (χ4n) is 0.999. The summed E-state index contributed by atoms with van der Waals surface area (Å²) in [7, 11) is 0. The van der Waals surface area contributed by atoms with Crippen LogP contribution in [0.4, 0.5) is 0 Å². The van der Waals surface area contributed by atoms with Crippen LogP contribution in [0.5, 0.6) is 5.75 Å². The molecule has 15 heavy (non-hydrogen) atoms. The van der Waals surface area contributed by atoms with Crippen molar-refractivity contribution in [3.63, 3.8) is 0 Å². The molecule has 0 aliphatic heterocycles. The highest BCUT2D eigenvalue weighted by Crippen LogP contribution is 2.22. The minimum Gasteiger partial charge on any atom is -0.488 e. The molecule has 2 unspecified atom stereocenters. The first-order valence-electron chi connectivity index (χ1n) is 4.64. The maximum atomic E-state index is 10.7. The third kappa shape index (κ3) is 3.32. The Morgan fingerprint density at radius 3 is 2.67 bits per heavy atom. The molecule has 0 spiro atoms. The molecule has 1 aromatic carbocycles. The first-order valence-corrected chi connectivity index (χ1v) is 5.43. The molecule has 0 radical (unpaired) electrons. The topological polar surface area (TPSA) is 46.5 Å². The van der Waals surface area contributed by atoms with E-state index in [1.807, 2.05) is 0 Å². The summed E-state index contributed by atoms with van der Waals surface area (Å²) in [6.07, 6.45) is -0.0942. The van der Waals surface area contributed by atoms with E-state index in [2.05, 4.69) is 15.9 Å². The van der Waals surface area contributed by atoms with Gasteiger partial charge in [-0.15, -0.1) is 0 Å². The summed E-state index contributed by atoms with van der Waals surface area (Å²) >= 11 is 3.25. The van der Waals surface area contributed by atoms with Gasteiger partial charge >= 0.3 is 0 Å². The van der Waals surface area contributed by atoms with E-state index in [-0.39, 0.29) is 6.10 Å². The predicted molar refractivity (Wildman–Crippen MR) is 61.3 cm³/mol. The average Bonchev–Trinajstić information content (AvgIpc) is 2.20. The van der Waals surface area contributed by atoms with Crippen molar-refractivity contribution in [2.45, 2.75) is 26.1 Å². The summed E-state index contributed by atoms with van der Waals surface area (Å²) in [6, 6.07) is 5.12. The van der Waals surface area contributed by atoms with Gasteiger partial charge in [0.25, 0.3) is 0 Å². The van der Waals surface area contributed by atoms with Crippen LogP contribution >= 0.6 is 15.9 Å². The van der Waals surface area contributed by atoms with Crippen LogP contribution in [-0.2, 0) is 0 Å². The smallest absolute Gasteiger partial charge is 0.151 e. The summed E-state index contributed by atoms with van der Waals surface area (Å²) < 4.78 is 6.17. The second kappa shape index (κ2) is 5.28. The lowest BCUT2D eigenvalue weighted by Gasteiger charge is -2.17. The molecule has 3 nitrogen and oxygen atoms in total. The number of hydrogen-bond acceptors (Lipinski definition) is 3. The summed E-state index contributed by atoms with van der Waals surface area (Å²) in [6.45, 7) is 3.43. The number of carbonyl (C=O) groups excluding carboxylic acids is 1. The van der Waals surface area contributed by atoms with Crippen LogP contribution in [0, 0.1) is 0 Å². The Kier molecular flexibility index (Phi) is 4.29. The fourth-order valence-corrected chi connectivity index (χ4v) is 1.34. The summed E-state index contributed by atoms with van der Waals surface area (Å²) in [5, 5.41) is 9.26. The van der Waals surface area contributed by atoms with E-state index in [4.69, 9.17) is 4.74 Å². The highest BCUT2D eigenvalue weighted by molar-refractivity contribution is 9.10. The van der Waals surface area contributed by atoms with Gasteiger partial charge in [0, 0.05) is 10.0 Å². The third-order valence-corrected chi connectivity index (χ3v) is 2.82. The van der Waals surface area contributed by atoms with Crippen LogP contribution in [-0.4, -0.2) is 23.6 Å². The van der Waals surface area contributed by atoms with Crippen molar-refractivity contribution in [3.8, 4) is 5.75 Å². The maximum Gasteiger partial charge on any atom is 0.151 e. The normalized spacial score (nSPS) is 14.4. The molecule has 0 bridgehead atoms. The van der Waals surface area contributed by atoms with Crippen LogP contribution in [0.2, 0.25) is 0 Å². The van der Waals surface area contributed by atoms with Crippen LogP contribution in [0.3, 0.4) is 0 Å². The molecular formula is C11H13BrO3. The molecule has 1 N–H and O–H groups in total. The van der Waals surface area contributed by atoms with Gasteiger partial charge in [0.05, 0.1) is 6.10 Å². The molecule has 1 aromatic rings. The van der Waals surface area contributed by atoms with Crippen molar-refractivity contribution in [2.75, 3.05) is 0 Å². The number of benzene rings is 1. The summed E-state index contributed by atoms with van der Waals surface area (Å²) in [4.78, 5) is 10.7. The van der Waals surface area contributed by atoms with Crippen LogP contribution in [0.25, 0.3) is 0 Å². The Bertz CT molecular complexity index is 350. The Morgan fingerprint density at radius 1 is 1.47 bits per heavy atom. The Hall–Kier alpha value is -0.870. The molecule has 0 heterocycles. The molecule has 0 amide bonds. The Balaban J connectivity index is 2.83. The number of aliphatic hydroxyl groups excluding tert-OH is 1. The minimum absolute atomic E-state index is 0.300. The standard InChI is InChI=1S/C11H13BrO3/c1-7(14)8(2)15-10-3-4-11(12)9(5-10)6-13/h3-8,14H,1-2H3. The number of halogens is 1. The van der Waals surface area contributed by atoms with Gasteiger partial charge in [-0.1, -0.05) is 15.9 Å². The number of carbonyl (C=O) groups is 1. The molecule has 0 saturated carbocycles. The van der Waals surface area contributed by atoms with Gasteiger partial charge < -0.3 is 9.84 Å². The Morgan fingerprint density at radius 2 is 2.13 bits per heavy atom. The van der Waals surface area contributed by atoms with Gasteiger partial charge in [0.15, 0.2) is 6.29 Å². The first-order chi connectivity index (χ1) is 7.04. The third-order valence-electron chi connectivity index (χ3n) is 2.10. The quantitative estimate of drug-likeness (QED) is 0.857. The van der Waals surface area contributed by atoms with Gasteiger partial charge in [-0.3, -0.25) is 4.79 Å². The van der Waals surface area contributed by atoms with Crippen molar-refractivity contribution < 1.29 is 14.6 Å². The SMILES string of the molecule is CC(O)C(C)Oc1ccc(Br)c(C=O)c1. The number of rotatable bonds is 4. The molecule has 82 valence electrons. The highest BCUT2D eigenvalue weighted by atomic mass is 79.9. The van der Waals surface area contributed by atoms with Gasteiger partial charge in [-0.2, -0.15) is 0 Å². The molecule has 1 rings (SSSR count). The molecular weight excluding hydrogens is 260 g/mol. The number of ether oxygens (including phenoxy) is 1. The van der Waals surface area contributed by atoms with E-state index in [1.54, 1.807) is 32.0 Å². The van der Waals surface area contributed by atoms with E-state index in [0.29, 0.717) is 11.3 Å². The Labute approximate surface area is 97.2 Å². The van der Waals surface area contributed by atoms with Crippen LogP contribution in [0.1, 0.15) is 24.2 Å². The first kappa shape index (κ1) is 12.2. The van der Waals surface area contributed by atoms with Crippen molar-refractivity contribution in [3.05, 3.63) is 28.2 Å². The van der Waals surface area contributed by atoms with Gasteiger partial charge in [-0.05, 0) is 32.0 Å². The molecule has 0 aliphatic carbocycles. The van der Waals surface area contributed by atoms with E-state index in [1.165, 1.54) is 0 Å². The molecule has 0 aromatic heterocycles. The largest absolute Gasteiger partial charge is 0.488 e. The van der Waals surface area contributed by atoms with Crippen molar-refractivity contribution >= 4 is 22.2 Å². The van der Waals surface area contributed by atoms with Crippen LogP contribution < -0.4 is 4.74 Å². The molecule has 2 atom stereocenters. The monoisotopic (exact) mass is 272 g/mol. The van der Waals surface area contributed by atoms with E-state index < -0.39 is 6.10 Å². The average molecular weight is 273 g/mol. The van der Waals surface area contributed by atoms with Gasteiger partial charge in [0.1, 0.15) is 11.9 Å². The zero-order chi connectivity index (χ0) is 11.4. The number of aliphatic hydroxyl groups is 1. The summed E-state index contributed by atoms with van der Waals surface area (Å²) in [5.41, 5.74) is 0.533. The van der Waals surface area contributed by atoms with Crippen molar-refractivity contribution in [1.82, 2.24) is 0 Å². The second-order valence-electron chi connectivity index (χ2n) is 3.36. The van der Waals surface area contributed by atoms with Gasteiger partial charge in [-0.25, -0.2) is 0 Å². The zero-order valence-corrected chi connectivity index (χ0v) is 10.2. The minimum atomic E-state index is -0.548.